The Morgan fingerprint density at radius 1 is 1.17 bits per heavy atom. The van der Waals surface area contributed by atoms with Crippen LogP contribution in [0, 0.1) is 0 Å². The van der Waals surface area contributed by atoms with Crippen molar-refractivity contribution < 1.29 is 13.2 Å². The number of alkyl halides is 3. The highest BCUT2D eigenvalue weighted by atomic mass is 19.4. The van der Waals surface area contributed by atoms with Crippen LogP contribution in [0.15, 0.2) is 0 Å². The molecule has 0 spiro atoms. The predicted molar refractivity (Wildman–Crippen MR) is 62.4 cm³/mol. The summed E-state index contributed by atoms with van der Waals surface area (Å²) in [6.07, 6.45) is -0.964. The molecule has 1 fully saturated rings. The zero-order valence-corrected chi connectivity index (χ0v) is 10.6. The number of hydrogen-bond donors (Lipinski definition) is 0. The van der Waals surface area contributed by atoms with Crippen LogP contribution in [-0.2, 0) is 19.0 Å². The molecule has 0 saturated heterocycles. The fourth-order valence-corrected chi connectivity index (χ4v) is 2.11. The van der Waals surface area contributed by atoms with Gasteiger partial charge in [-0.3, -0.25) is 0 Å². The molecule has 0 amide bonds. The summed E-state index contributed by atoms with van der Waals surface area (Å²) in [5.74, 6) is 0.533. The first-order valence-electron chi connectivity index (χ1n) is 6.44. The molecule has 2 rings (SSSR count). The van der Waals surface area contributed by atoms with E-state index >= 15 is 0 Å². The number of aromatic nitrogens is 2. The summed E-state index contributed by atoms with van der Waals surface area (Å²) in [7, 11) is 0. The molecule has 0 unspecified atom stereocenters. The Labute approximate surface area is 105 Å². The normalized spacial score (nSPS) is 16.1. The van der Waals surface area contributed by atoms with Gasteiger partial charge in [-0.05, 0) is 25.7 Å². The molecule has 0 bridgehead atoms. The molecule has 0 radical (unpaired) electrons. The Bertz CT molecular complexity index is 437. The van der Waals surface area contributed by atoms with Gasteiger partial charge in [0.25, 0.3) is 0 Å². The van der Waals surface area contributed by atoms with Gasteiger partial charge in [0.05, 0.1) is 0 Å². The summed E-state index contributed by atoms with van der Waals surface area (Å²) >= 11 is 0. The van der Waals surface area contributed by atoms with E-state index in [4.69, 9.17) is 0 Å². The van der Waals surface area contributed by atoms with Gasteiger partial charge >= 0.3 is 6.18 Å². The number of aryl methyl sites for hydroxylation is 1. The van der Waals surface area contributed by atoms with Crippen molar-refractivity contribution >= 4 is 0 Å². The topological polar surface area (TPSA) is 25.8 Å². The third-order valence-electron chi connectivity index (χ3n) is 3.16. The lowest BCUT2D eigenvalue weighted by atomic mass is 10.0. The van der Waals surface area contributed by atoms with E-state index < -0.39 is 11.9 Å². The van der Waals surface area contributed by atoms with Crippen molar-refractivity contribution in [2.75, 3.05) is 0 Å². The molecular formula is C13H17F3N2. The lowest BCUT2D eigenvalue weighted by molar-refractivity contribution is -0.142. The average molecular weight is 258 g/mol. The average Bonchev–Trinajstić information content (AvgIpc) is 3.12. The molecule has 1 aromatic rings. The molecule has 0 atom stereocenters. The molecule has 2 nitrogen and oxygen atoms in total. The van der Waals surface area contributed by atoms with Gasteiger partial charge in [0.2, 0.25) is 0 Å². The predicted octanol–water partition coefficient (Wildman–Crippen LogP) is 3.89. The molecule has 1 saturated carbocycles. The Morgan fingerprint density at radius 2 is 1.83 bits per heavy atom. The van der Waals surface area contributed by atoms with E-state index in [1.165, 1.54) is 0 Å². The quantitative estimate of drug-likeness (QED) is 0.818. The highest BCUT2D eigenvalue weighted by Gasteiger charge is 2.38. The largest absolute Gasteiger partial charge is 0.433 e. The lowest BCUT2D eigenvalue weighted by Crippen LogP contribution is -2.17. The van der Waals surface area contributed by atoms with Gasteiger partial charge in [-0.15, -0.1) is 0 Å². The molecule has 0 aromatic carbocycles. The first-order chi connectivity index (χ1) is 8.47. The van der Waals surface area contributed by atoms with Crippen LogP contribution in [0.1, 0.15) is 61.8 Å². The highest BCUT2D eigenvalue weighted by Crippen LogP contribution is 2.40. The van der Waals surface area contributed by atoms with Gasteiger partial charge in [-0.2, -0.15) is 13.2 Å². The maximum atomic E-state index is 13.1. The fourth-order valence-electron chi connectivity index (χ4n) is 2.11. The van der Waals surface area contributed by atoms with Crippen molar-refractivity contribution in [3.8, 4) is 0 Å². The number of nitrogens with zero attached hydrogens (tertiary/aromatic N) is 2. The lowest BCUT2D eigenvalue weighted by Gasteiger charge is -2.16. The van der Waals surface area contributed by atoms with E-state index in [2.05, 4.69) is 9.97 Å². The Kier molecular flexibility index (Phi) is 3.59. The molecule has 1 heterocycles. The van der Waals surface area contributed by atoms with E-state index in [1.54, 1.807) is 0 Å². The first-order valence-corrected chi connectivity index (χ1v) is 6.44. The van der Waals surface area contributed by atoms with Gasteiger partial charge in [0.15, 0.2) is 5.69 Å². The van der Waals surface area contributed by atoms with E-state index in [-0.39, 0.29) is 11.5 Å². The summed E-state index contributed by atoms with van der Waals surface area (Å²) in [5.41, 5.74) is 0.149. The molecule has 100 valence electrons. The molecule has 0 N–H and O–H groups in total. The second-order valence-electron chi connectivity index (χ2n) is 4.73. The van der Waals surface area contributed by atoms with E-state index in [1.807, 2.05) is 13.8 Å². The molecule has 0 aliphatic heterocycles. The number of hydrogen-bond acceptors (Lipinski definition) is 2. The van der Waals surface area contributed by atoms with Crippen LogP contribution in [0.25, 0.3) is 0 Å². The van der Waals surface area contributed by atoms with Crippen LogP contribution in [0.4, 0.5) is 13.2 Å². The summed E-state index contributed by atoms with van der Waals surface area (Å²) in [6.45, 7) is 3.72. The van der Waals surface area contributed by atoms with Crippen LogP contribution in [0.3, 0.4) is 0 Å². The van der Waals surface area contributed by atoms with Crippen LogP contribution in [0.5, 0.6) is 0 Å². The molecule has 1 aliphatic rings. The molecule has 5 heteroatoms. The zero-order valence-electron chi connectivity index (χ0n) is 10.6. The minimum atomic E-state index is -4.37. The molecule has 1 aliphatic carbocycles. The van der Waals surface area contributed by atoms with Gasteiger partial charge in [-0.25, -0.2) is 9.97 Å². The molecule has 18 heavy (non-hydrogen) atoms. The highest BCUT2D eigenvalue weighted by molar-refractivity contribution is 5.30. The van der Waals surface area contributed by atoms with E-state index in [0.717, 1.165) is 12.8 Å². The Morgan fingerprint density at radius 3 is 2.28 bits per heavy atom. The second kappa shape index (κ2) is 4.86. The maximum absolute atomic E-state index is 13.1. The first kappa shape index (κ1) is 13.3. The summed E-state index contributed by atoms with van der Waals surface area (Å²) < 4.78 is 39.2. The number of rotatable bonds is 4. The molecular weight excluding hydrogens is 241 g/mol. The van der Waals surface area contributed by atoms with Crippen LogP contribution < -0.4 is 0 Å². The van der Waals surface area contributed by atoms with Gasteiger partial charge < -0.3 is 0 Å². The molecule has 1 aromatic heterocycles. The van der Waals surface area contributed by atoms with E-state index in [9.17, 15) is 13.2 Å². The van der Waals surface area contributed by atoms with Crippen LogP contribution in [0.2, 0.25) is 0 Å². The van der Waals surface area contributed by atoms with Crippen molar-refractivity contribution in [2.45, 2.75) is 58.0 Å². The van der Waals surface area contributed by atoms with Crippen molar-refractivity contribution in [1.29, 1.82) is 0 Å². The van der Waals surface area contributed by atoms with Gasteiger partial charge in [0, 0.05) is 17.2 Å². The number of halogens is 3. The maximum Gasteiger partial charge on any atom is 0.433 e. The Balaban J connectivity index is 2.53. The summed E-state index contributed by atoms with van der Waals surface area (Å²) in [6, 6.07) is 0. The van der Waals surface area contributed by atoms with Crippen molar-refractivity contribution in [3.05, 3.63) is 22.8 Å². The van der Waals surface area contributed by atoms with Gasteiger partial charge in [-0.1, -0.05) is 20.3 Å². The van der Waals surface area contributed by atoms with Gasteiger partial charge in [0.1, 0.15) is 5.82 Å². The standard InChI is InChI=1S/C13H17F3N2/c1-3-5-9-10(4-2)17-12(8-6-7-8)18-11(9)13(14,15)16/h8H,3-7H2,1-2H3. The van der Waals surface area contributed by atoms with Crippen LogP contribution in [-0.4, -0.2) is 9.97 Å². The van der Waals surface area contributed by atoms with Crippen molar-refractivity contribution in [2.24, 2.45) is 0 Å². The van der Waals surface area contributed by atoms with Crippen molar-refractivity contribution in [1.82, 2.24) is 9.97 Å². The third kappa shape index (κ3) is 2.65. The minimum Gasteiger partial charge on any atom is -0.237 e. The van der Waals surface area contributed by atoms with Crippen LogP contribution >= 0.6 is 0 Å². The van der Waals surface area contributed by atoms with E-state index in [0.29, 0.717) is 30.8 Å². The Hall–Kier alpha value is -1.13. The second-order valence-corrected chi connectivity index (χ2v) is 4.73. The summed E-state index contributed by atoms with van der Waals surface area (Å²) in [4.78, 5) is 8.13. The monoisotopic (exact) mass is 258 g/mol. The van der Waals surface area contributed by atoms with Crippen molar-refractivity contribution in [3.63, 3.8) is 0 Å². The summed E-state index contributed by atoms with van der Waals surface area (Å²) in [5, 5.41) is 0. The fraction of sp³-hybridized carbons (Fsp3) is 0.692. The smallest absolute Gasteiger partial charge is 0.237 e. The zero-order chi connectivity index (χ0) is 13.3. The minimum absolute atomic E-state index is 0.145. The SMILES string of the molecule is CCCc1c(CC)nc(C2CC2)nc1C(F)(F)F. The third-order valence-corrected chi connectivity index (χ3v) is 3.16.